The van der Waals surface area contributed by atoms with Gasteiger partial charge in [-0.2, -0.15) is 5.10 Å². The van der Waals surface area contributed by atoms with Gasteiger partial charge in [0.05, 0.1) is 5.69 Å². The molecule has 3 aromatic rings. The summed E-state index contributed by atoms with van der Waals surface area (Å²) in [7, 11) is 0. The molecule has 0 aliphatic carbocycles. The topological polar surface area (TPSA) is 60.1 Å². The van der Waals surface area contributed by atoms with Gasteiger partial charge in [-0.1, -0.05) is 11.6 Å². The predicted octanol–water partition coefficient (Wildman–Crippen LogP) is 3.75. The largest absolute Gasteiger partial charge is 0.423 e. The highest BCUT2D eigenvalue weighted by atomic mass is 35.5. The molecule has 5 nitrogen and oxygen atoms in total. The lowest BCUT2D eigenvalue weighted by atomic mass is 10.1. The fraction of sp³-hybridized carbons (Fsp3) is 0.368. The first-order valence-corrected chi connectivity index (χ1v) is 8.76. The van der Waals surface area contributed by atoms with Gasteiger partial charge >= 0.3 is 5.63 Å². The van der Waals surface area contributed by atoms with E-state index < -0.39 is 0 Å². The first-order valence-electron chi connectivity index (χ1n) is 8.38. The zero-order valence-corrected chi connectivity index (χ0v) is 15.5. The summed E-state index contributed by atoms with van der Waals surface area (Å²) in [4.78, 5) is 11.8. The lowest BCUT2D eigenvalue weighted by molar-refractivity contribution is 0.529. The van der Waals surface area contributed by atoms with E-state index in [0.29, 0.717) is 17.2 Å². The molecule has 1 N–H and O–H groups in total. The van der Waals surface area contributed by atoms with E-state index in [4.69, 9.17) is 16.0 Å². The van der Waals surface area contributed by atoms with Crippen molar-refractivity contribution in [3.05, 3.63) is 62.2 Å². The molecule has 0 aliphatic heterocycles. The van der Waals surface area contributed by atoms with Gasteiger partial charge in [-0.3, -0.25) is 4.68 Å². The van der Waals surface area contributed by atoms with Crippen LogP contribution in [0.3, 0.4) is 0 Å². The third kappa shape index (κ3) is 4.11. The summed E-state index contributed by atoms with van der Waals surface area (Å²) in [5.74, 6) is 0. The number of nitrogens with one attached hydrogen (secondary N) is 1. The number of hydrogen-bond acceptors (Lipinski definition) is 4. The molecule has 0 spiro atoms. The lowest BCUT2D eigenvalue weighted by Crippen LogP contribution is -2.18. The highest BCUT2D eigenvalue weighted by Gasteiger charge is 2.08. The van der Waals surface area contributed by atoms with Crippen LogP contribution < -0.4 is 10.9 Å². The van der Waals surface area contributed by atoms with E-state index in [9.17, 15) is 4.79 Å². The molecule has 0 unspecified atom stereocenters. The average Bonchev–Trinajstić information content (AvgIpc) is 2.86. The van der Waals surface area contributed by atoms with E-state index in [1.165, 1.54) is 11.8 Å². The number of halogens is 1. The van der Waals surface area contributed by atoms with Gasteiger partial charge in [0.25, 0.3) is 0 Å². The second-order valence-electron chi connectivity index (χ2n) is 6.37. The molecule has 2 aromatic heterocycles. The fourth-order valence-electron chi connectivity index (χ4n) is 2.97. The van der Waals surface area contributed by atoms with Crippen molar-refractivity contribution in [1.82, 2.24) is 15.1 Å². The minimum atomic E-state index is -0.339. The van der Waals surface area contributed by atoms with Crippen LogP contribution in [0.25, 0.3) is 11.0 Å². The molecule has 0 bridgehead atoms. The van der Waals surface area contributed by atoms with Crippen molar-refractivity contribution < 1.29 is 4.42 Å². The van der Waals surface area contributed by atoms with Crippen LogP contribution in [0.5, 0.6) is 0 Å². The van der Waals surface area contributed by atoms with Crippen LogP contribution in [0.15, 0.2) is 33.5 Å². The van der Waals surface area contributed by atoms with Gasteiger partial charge in [-0.05, 0) is 63.1 Å². The van der Waals surface area contributed by atoms with Crippen molar-refractivity contribution >= 4 is 22.6 Å². The summed E-state index contributed by atoms with van der Waals surface area (Å²) >= 11 is 6.22. The molecule has 0 saturated heterocycles. The monoisotopic (exact) mass is 359 g/mol. The Morgan fingerprint density at radius 1 is 1.20 bits per heavy atom. The maximum atomic E-state index is 11.8. The average molecular weight is 360 g/mol. The molecule has 1 aromatic carbocycles. The van der Waals surface area contributed by atoms with Crippen LogP contribution in [-0.4, -0.2) is 16.3 Å². The molecule has 0 amide bonds. The maximum absolute atomic E-state index is 11.8. The van der Waals surface area contributed by atoms with Gasteiger partial charge in [-0.25, -0.2) is 4.79 Å². The van der Waals surface area contributed by atoms with Gasteiger partial charge in [0.1, 0.15) is 5.58 Å². The van der Waals surface area contributed by atoms with Gasteiger partial charge in [0.2, 0.25) is 0 Å². The number of aromatic nitrogens is 2. The molecule has 0 fully saturated rings. The Kier molecular flexibility index (Phi) is 5.25. The fourth-order valence-corrected chi connectivity index (χ4v) is 3.14. The van der Waals surface area contributed by atoms with E-state index in [2.05, 4.69) is 23.4 Å². The number of nitrogens with zero attached hydrogens (tertiary/aromatic N) is 2. The van der Waals surface area contributed by atoms with Gasteiger partial charge in [-0.15, -0.1) is 0 Å². The number of fused-ring (bicyclic) bond motifs is 1. The molecular weight excluding hydrogens is 338 g/mol. The van der Waals surface area contributed by atoms with Crippen LogP contribution in [0, 0.1) is 20.8 Å². The second-order valence-corrected chi connectivity index (χ2v) is 6.78. The van der Waals surface area contributed by atoms with Crippen LogP contribution in [0.4, 0.5) is 0 Å². The summed E-state index contributed by atoms with van der Waals surface area (Å²) in [6, 6.07) is 7.28. The van der Waals surface area contributed by atoms with Gasteiger partial charge in [0, 0.05) is 35.3 Å². The molecule has 3 rings (SSSR count). The van der Waals surface area contributed by atoms with Crippen LogP contribution >= 0.6 is 11.6 Å². The maximum Gasteiger partial charge on any atom is 0.336 e. The zero-order chi connectivity index (χ0) is 18.0. The van der Waals surface area contributed by atoms with Crippen LogP contribution in [-0.2, 0) is 13.1 Å². The number of aryl methyl sites for hydroxylation is 4. The highest BCUT2D eigenvalue weighted by molar-refractivity contribution is 6.32. The molecule has 25 heavy (non-hydrogen) atoms. The van der Waals surface area contributed by atoms with Crippen molar-refractivity contribution in [1.29, 1.82) is 0 Å². The van der Waals surface area contributed by atoms with E-state index in [1.54, 1.807) is 0 Å². The second kappa shape index (κ2) is 7.42. The third-order valence-corrected chi connectivity index (χ3v) is 4.66. The van der Waals surface area contributed by atoms with Crippen LogP contribution in [0.1, 0.15) is 28.9 Å². The quantitative estimate of drug-likeness (QED) is 0.538. The van der Waals surface area contributed by atoms with Crippen molar-refractivity contribution in [3.8, 4) is 0 Å². The molecule has 0 radical (unpaired) electrons. The van der Waals surface area contributed by atoms with Gasteiger partial charge in [0.15, 0.2) is 0 Å². The number of benzene rings is 1. The Labute approximate surface area is 151 Å². The number of hydrogen-bond donors (Lipinski definition) is 1. The molecule has 2 heterocycles. The summed E-state index contributed by atoms with van der Waals surface area (Å²) < 4.78 is 7.31. The zero-order valence-electron chi connectivity index (χ0n) is 14.7. The van der Waals surface area contributed by atoms with E-state index >= 15 is 0 Å². The first kappa shape index (κ1) is 17.7. The van der Waals surface area contributed by atoms with Crippen molar-refractivity contribution in [2.24, 2.45) is 0 Å². The first-order chi connectivity index (χ1) is 11.9. The lowest BCUT2D eigenvalue weighted by Gasteiger charge is -2.09. The third-order valence-electron chi connectivity index (χ3n) is 4.25. The SMILES string of the molecule is Cc1cc(C)n(CCCNCc2cc(=O)oc3cc(C)c(Cl)cc23)n1. The van der Waals surface area contributed by atoms with Crippen molar-refractivity contribution in [2.75, 3.05) is 6.54 Å². The molecule has 0 saturated carbocycles. The van der Waals surface area contributed by atoms with Crippen LogP contribution in [0.2, 0.25) is 5.02 Å². The minimum Gasteiger partial charge on any atom is -0.423 e. The molecule has 6 heteroatoms. The molecule has 0 aliphatic rings. The smallest absolute Gasteiger partial charge is 0.336 e. The minimum absolute atomic E-state index is 0.339. The van der Waals surface area contributed by atoms with Crippen molar-refractivity contribution in [3.63, 3.8) is 0 Å². The molecule has 0 atom stereocenters. The van der Waals surface area contributed by atoms with E-state index in [-0.39, 0.29) is 5.63 Å². The Morgan fingerprint density at radius 3 is 2.72 bits per heavy atom. The Balaban J connectivity index is 1.64. The summed E-state index contributed by atoms with van der Waals surface area (Å²) in [5.41, 5.74) is 4.25. The molecule has 132 valence electrons. The Hall–Kier alpha value is -2.11. The predicted molar refractivity (Wildman–Crippen MR) is 100 cm³/mol. The molecular formula is C19H22ClN3O2. The highest BCUT2D eigenvalue weighted by Crippen LogP contribution is 2.25. The standard InChI is InChI=1S/C19H22ClN3O2/c1-12-7-18-16(10-17(12)20)15(9-19(24)25-18)11-21-5-4-6-23-14(3)8-13(2)22-23/h7-10,21H,4-6,11H2,1-3H3. The Bertz CT molecular complexity index is 959. The Morgan fingerprint density at radius 2 is 2.00 bits per heavy atom. The van der Waals surface area contributed by atoms with Gasteiger partial charge < -0.3 is 9.73 Å². The number of rotatable bonds is 6. The normalized spacial score (nSPS) is 11.4. The summed E-state index contributed by atoms with van der Waals surface area (Å²) in [6.07, 6.45) is 0.960. The summed E-state index contributed by atoms with van der Waals surface area (Å²) in [5, 5.41) is 9.39. The summed E-state index contributed by atoms with van der Waals surface area (Å²) in [6.45, 7) is 8.26. The van der Waals surface area contributed by atoms with Crippen molar-refractivity contribution in [2.45, 2.75) is 40.3 Å². The van der Waals surface area contributed by atoms with E-state index in [1.807, 2.05) is 30.7 Å². The van der Waals surface area contributed by atoms with E-state index in [0.717, 1.165) is 41.7 Å².